The van der Waals surface area contributed by atoms with Gasteiger partial charge in [-0.25, -0.2) is 0 Å². The molecule has 0 atom stereocenters. The van der Waals surface area contributed by atoms with Crippen LogP contribution in [-0.2, 0) is 0 Å². The predicted molar refractivity (Wildman–Crippen MR) is 163 cm³/mol. The highest BCUT2D eigenvalue weighted by Crippen LogP contribution is 2.23. The van der Waals surface area contributed by atoms with Crippen LogP contribution in [-0.4, -0.2) is 10.7 Å². The molecule has 0 aromatic carbocycles. The second-order valence-corrected chi connectivity index (χ2v) is 12.4. The van der Waals surface area contributed by atoms with Gasteiger partial charge in [-0.1, -0.05) is 194 Å². The monoisotopic (exact) mass is 510 g/mol. The molecule has 0 aromatic heterocycles. The van der Waals surface area contributed by atoms with Crippen molar-refractivity contribution in [2.24, 2.45) is 0 Å². The Morgan fingerprint density at radius 2 is 0.556 bits per heavy atom. The standard InChI is InChI=1S/C34H71NO/c1-4-6-8-10-12-14-16-18-20-22-24-26-28-30-32-34(3,35-36)33-31-29-27-25-23-21-19-17-15-13-11-9-7-5-2/h35-36H,4-33H2,1-3H3. The van der Waals surface area contributed by atoms with Gasteiger partial charge in [0.05, 0.1) is 0 Å². The first-order valence-electron chi connectivity index (χ1n) is 17.1. The molecule has 0 unspecified atom stereocenters. The Hall–Kier alpha value is -0.0800. The van der Waals surface area contributed by atoms with Crippen LogP contribution in [0.5, 0.6) is 0 Å². The lowest BCUT2D eigenvalue weighted by atomic mass is 9.89. The molecule has 0 heterocycles. The first-order chi connectivity index (χ1) is 17.7. The smallest absolute Gasteiger partial charge is 0.0402 e. The molecule has 2 nitrogen and oxygen atoms in total. The highest BCUT2D eigenvalue weighted by atomic mass is 16.5. The Bertz CT molecular complexity index is 365. The summed E-state index contributed by atoms with van der Waals surface area (Å²) in [4.78, 5) is 0. The van der Waals surface area contributed by atoms with Crippen molar-refractivity contribution in [3.05, 3.63) is 0 Å². The Morgan fingerprint density at radius 1 is 0.361 bits per heavy atom. The molecule has 0 aliphatic carbocycles. The van der Waals surface area contributed by atoms with Gasteiger partial charge in [0.25, 0.3) is 0 Å². The summed E-state index contributed by atoms with van der Waals surface area (Å²) in [5.74, 6) is 0. The fourth-order valence-corrected chi connectivity index (χ4v) is 5.66. The summed E-state index contributed by atoms with van der Waals surface area (Å²) in [5, 5.41) is 9.74. The van der Waals surface area contributed by atoms with E-state index in [1.807, 2.05) is 0 Å². The second kappa shape index (κ2) is 29.5. The molecule has 36 heavy (non-hydrogen) atoms. The van der Waals surface area contributed by atoms with Crippen molar-refractivity contribution in [3.8, 4) is 0 Å². The fraction of sp³-hybridized carbons (Fsp3) is 1.00. The van der Waals surface area contributed by atoms with Crippen LogP contribution in [0.4, 0.5) is 0 Å². The molecule has 0 aromatic rings. The molecule has 0 bridgehead atoms. The van der Waals surface area contributed by atoms with Crippen molar-refractivity contribution in [2.45, 2.75) is 219 Å². The molecule has 0 radical (unpaired) electrons. The lowest BCUT2D eigenvalue weighted by Gasteiger charge is -2.28. The van der Waals surface area contributed by atoms with Crippen LogP contribution in [0.2, 0.25) is 0 Å². The third-order valence-electron chi connectivity index (χ3n) is 8.43. The van der Waals surface area contributed by atoms with Crippen molar-refractivity contribution in [1.82, 2.24) is 5.48 Å². The van der Waals surface area contributed by atoms with Crippen LogP contribution in [0.15, 0.2) is 0 Å². The Balaban J connectivity index is 3.41. The molecule has 0 spiro atoms. The van der Waals surface area contributed by atoms with Gasteiger partial charge in [-0.3, -0.25) is 0 Å². The van der Waals surface area contributed by atoms with E-state index in [4.69, 9.17) is 0 Å². The number of nitrogens with one attached hydrogen (secondary N) is 1. The van der Waals surface area contributed by atoms with Crippen molar-refractivity contribution in [3.63, 3.8) is 0 Å². The summed E-state index contributed by atoms with van der Waals surface area (Å²) in [6.07, 6.45) is 41.6. The fourth-order valence-electron chi connectivity index (χ4n) is 5.66. The van der Waals surface area contributed by atoms with Crippen LogP contribution in [0.3, 0.4) is 0 Å². The maximum absolute atomic E-state index is 9.74. The zero-order valence-corrected chi connectivity index (χ0v) is 25.7. The average molecular weight is 510 g/mol. The van der Waals surface area contributed by atoms with E-state index in [1.54, 1.807) is 0 Å². The van der Waals surface area contributed by atoms with E-state index < -0.39 is 0 Å². The van der Waals surface area contributed by atoms with Crippen molar-refractivity contribution < 1.29 is 5.21 Å². The minimum absolute atomic E-state index is 0.0751. The maximum atomic E-state index is 9.74. The number of unbranched alkanes of at least 4 members (excludes halogenated alkanes) is 26. The van der Waals surface area contributed by atoms with Crippen molar-refractivity contribution >= 4 is 0 Å². The summed E-state index contributed by atoms with van der Waals surface area (Å²) in [6, 6.07) is 0. The lowest BCUT2D eigenvalue weighted by Crippen LogP contribution is -2.40. The molecule has 218 valence electrons. The summed E-state index contributed by atoms with van der Waals surface area (Å²) in [5.41, 5.74) is 2.60. The van der Waals surface area contributed by atoms with Gasteiger partial charge in [-0.05, 0) is 19.8 Å². The van der Waals surface area contributed by atoms with Gasteiger partial charge in [-0.2, -0.15) is 5.48 Å². The maximum Gasteiger partial charge on any atom is 0.0402 e. The van der Waals surface area contributed by atoms with E-state index in [-0.39, 0.29) is 5.54 Å². The molecule has 0 fully saturated rings. The zero-order chi connectivity index (χ0) is 26.4. The topological polar surface area (TPSA) is 32.3 Å². The SMILES string of the molecule is CCCCCCCCCCCCCCCCC(C)(CCCCCCCCCCCCCCCC)NO. The quantitative estimate of drug-likeness (QED) is 0.0719. The molecular formula is C34H71NO. The van der Waals surface area contributed by atoms with Gasteiger partial charge in [0.2, 0.25) is 0 Å². The zero-order valence-electron chi connectivity index (χ0n) is 25.7. The molecule has 0 aliphatic rings. The molecule has 2 N–H and O–H groups in total. The van der Waals surface area contributed by atoms with Crippen LogP contribution >= 0.6 is 0 Å². The van der Waals surface area contributed by atoms with Gasteiger partial charge in [0.15, 0.2) is 0 Å². The van der Waals surface area contributed by atoms with E-state index in [9.17, 15) is 5.21 Å². The van der Waals surface area contributed by atoms with E-state index in [1.165, 1.54) is 180 Å². The van der Waals surface area contributed by atoms with Crippen molar-refractivity contribution in [2.75, 3.05) is 0 Å². The van der Waals surface area contributed by atoms with E-state index >= 15 is 0 Å². The molecule has 2 heteroatoms. The highest BCUT2D eigenvalue weighted by molar-refractivity contribution is 4.79. The number of rotatable bonds is 31. The second-order valence-electron chi connectivity index (χ2n) is 12.4. The van der Waals surface area contributed by atoms with Crippen molar-refractivity contribution in [1.29, 1.82) is 0 Å². The third kappa shape index (κ3) is 27.0. The van der Waals surface area contributed by atoms with Gasteiger partial charge in [-0.15, -0.1) is 0 Å². The minimum Gasteiger partial charge on any atom is -0.316 e. The minimum atomic E-state index is -0.0751. The van der Waals surface area contributed by atoms with E-state index in [0.717, 1.165) is 12.8 Å². The summed E-state index contributed by atoms with van der Waals surface area (Å²) >= 11 is 0. The van der Waals surface area contributed by atoms with Gasteiger partial charge < -0.3 is 5.21 Å². The summed E-state index contributed by atoms with van der Waals surface area (Å²) < 4.78 is 0. The molecule has 0 saturated carbocycles. The van der Waals surface area contributed by atoms with Crippen LogP contribution in [0.1, 0.15) is 213 Å². The Kier molecular flexibility index (Phi) is 29.4. The highest BCUT2D eigenvalue weighted by Gasteiger charge is 2.21. The normalized spacial score (nSPS) is 12.0. The van der Waals surface area contributed by atoms with Gasteiger partial charge in [0.1, 0.15) is 0 Å². The Morgan fingerprint density at radius 3 is 0.750 bits per heavy atom. The largest absolute Gasteiger partial charge is 0.316 e. The molecule has 0 aliphatic heterocycles. The van der Waals surface area contributed by atoms with E-state index in [0.29, 0.717) is 0 Å². The number of hydrogen-bond acceptors (Lipinski definition) is 2. The molecular weight excluding hydrogens is 438 g/mol. The number of hydrogen-bond donors (Lipinski definition) is 2. The Labute approximate surface area is 229 Å². The summed E-state index contributed by atoms with van der Waals surface area (Å²) in [6.45, 7) is 6.81. The van der Waals surface area contributed by atoms with E-state index in [2.05, 4.69) is 26.3 Å². The molecule has 0 amide bonds. The molecule has 0 saturated heterocycles. The predicted octanol–water partition coefficient (Wildman–Crippen LogP) is 12.5. The average Bonchev–Trinajstić information content (AvgIpc) is 2.89. The van der Waals surface area contributed by atoms with Crippen LogP contribution in [0, 0.1) is 0 Å². The van der Waals surface area contributed by atoms with Crippen LogP contribution < -0.4 is 5.48 Å². The lowest BCUT2D eigenvalue weighted by molar-refractivity contribution is 0.0570. The van der Waals surface area contributed by atoms with Gasteiger partial charge >= 0.3 is 0 Å². The van der Waals surface area contributed by atoms with Gasteiger partial charge in [0, 0.05) is 5.54 Å². The van der Waals surface area contributed by atoms with Crippen LogP contribution in [0.25, 0.3) is 0 Å². The first-order valence-corrected chi connectivity index (χ1v) is 17.1. The summed E-state index contributed by atoms with van der Waals surface area (Å²) in [7, 11) is 0. The molecule has 0 rings (SSSR count). The number of hydroxylamine groups is 1. The first kappa shape index (κ1) is 35.9. The third-order valence-corrected chi connectivity index (χ3v) is 8.43.